The van der Waals surface area contributed by atoms with E-state index in [9.17, 15) is 4.79 Å². The first-order valence-corrected chi connectivity index (χ1v) is 6.98. The summed E-state index contributed by atoms with van der Waals surface area (Å²) in [6.45, 7) is 4.30. The van der Waals surface area contributed by atoms with E-state index in [1.54, 1.807) is 17.9 Å². The van der Waals surface area contributed by atoms with Crippen LogP contribution in [0.1, 0.15) is 18.1 Å². The van der Waals surface area contributed by atoms with Gasteiger partial charge in [-0.3, -0.25) is 9.69 Å². The molecular formula is C17H18N2O2. The Balaban J connectivity index is 2.00. The maximum absolute atomic E-state index is 12.5. The van der Waals surface area contributed by atoms with Crippen LogP contribution in [0.2, 0.25) is 0 Å². The molecule has 0 fully saturated rings. The van der Waals surface area contributed by atoms with E-state index < -0.39 is 6.10 Å². The summed E-state index contributed by atoms with van der Waals surface area (Å²) in [5.74, 6) is 0.593. The molecule has 2 N–H and O–H groups in total. The van der Waals surface area contributed by atoms with Crippen LogP contribution in [-0.2, 0) is 11.3 Å². The largest absolute Gasteiger partial charge is 0.479 e. The van der Waals surface area contributed by atoms with Crippen molar-refractivity contribution in [3.8, 4) is 5.75 Å². The third-order valence-corrected chi connectivity index (χ3v) is 3.68. The van der Waals surface area contributed by atoms with Gasteiger partial charge >= 0.3 is 0 Å². The Hall–Kier alpha value is -2.49. The fourth-order valence-electron chi connectivity index (χ4n) is 2.53. The Morgan fingerprint density at radius 1 is 1.19 bits per heavy atom. The molecule has 1 atom stereocenters. The van der Waals surface area contributed by atoms with Crippen molar-refractivity contribution in [2.75, 3.05) is 10.6 Å². The highest BCUT2D eigenvalue weighted by Gasteiger charge is 2.32. The molecule has 2 aromatic carbocycles. The number of benzene rings is 2. The minimum absolute atomic E-state index is 0.0685. The number of hydrogen-bond acceptors (Lipinski definition) is 3. The average Bonchev–Trinajstić information content (AvgIpc) is 2.46. The van der Waals surface area contributed by atoms with E-state index in [2.05, 4.69) is 0 Å². The van der Waals surface area contributed by atoms with Gasteiger partial charge in [-0.25, -0.2) is 0 Å². The maximum Gasteiger partial charge on any atom is 0.268 e. The Labute approximate surface area is 124 Å². The van der Waals surface area contributed by atoms with Crippen molar-refractivity contribution in [2.24, 2.45) is 0 Å². The van der Waals surface area contributed by atoms with Gasteiger partial charge in [-0.1, -0.05) is 35.9 Å². The molecule has 3 rings (SSSR count). The standard InChI is InChI=1S/C17H18N2O2/c1-11-6-8-13(9-7-11)10-19-16-14(18)4-3-5-15(16)21-12(2)17(19)20/h3-9,12H,10,18H2,1-2H3. The summed E-state index contributed by atoms with van der Waals surface area (Å²) in [6, 6.07) is 13.6. The second kappa shape index (κ2) is 5.13. The summed E-state index contributed by atoms with van der Waals surface area (Å²) in [4.78, 5) is 14.2. The zero-order valence-corrected chi connectivity index (χ0v) is 12.2. The summed E-state index contributed by atoms with van der Waals surface area (Å²) in [5, 5.41) is 0. The van der Waals surface area contributed by atoms with Gasteiger partial charge in [-0.2, -0.15) is 0 Å². The van der Waals surface area contributed by atoms with Gasteiger partial charge in [0, 0.05) is 0 Å². The number of nitrogen functional groups attached to an aromatic ring is 1. The zero-order valence-electron chi connectivity index (χ0n) is 12.2. The van der Waals surface area contributed by atoms with Gasteiger partial charge in [-0.05, 0) is 31.5 Å². The fourth-order valence-corrected chi connectivity index (χ4v) is 2.53. The Morgan fingerprint density at radius 3 is 2.62 bits per heavy atom. The number of hydrogen-bond donors (Lipinski definition) is 1. The zero-order chi connectivity index (χ0) is 15.0. The van der Waals surface area contributed by atoms with Gasteiger partial charge in [0.15, 0.2) is 6.10 Å². The van der Waals surface area contributed by atoms with Crippen molar-refractivity contribution >= 4 is 17.3 Å². The van der Waals surface area contributed by atoms with E-state index in [1.165, 1.54) is 5.56 Å². The summed E-state index contributed by atoms with van der Waals surface area (Å²) in [6.07, 6.45) is -0.496. The van der Waals surface area contributed by atoms with E-state index in [4.69, 9.17) is 10.5 Å². The molecule has 0 bridgehead atoms. The minimum atomic E-state index is -0.496. The summed E-state index contributed by atoms with van der Waals surface area (Å²) < 4.78 is 5.64. The maximum atomic E-state index is 12.5. The van der Waals surface area contributed by atoms with Gasteiger partial charge in [0.05, 0.1) is 12.2 Å². The molecule has 0 radical (unpaired) electrons. The summed E-state index contributed by atoms with van der Waals surface area (Å²) >= 11 is 0. The van der Waals surface area contributed by atoms with Crippen LogP contribution in [0.5, 0.6) is 5.75 Å². The number of nitrogens with two attached hydrogens (primary N) is 1. The fraction of sp³-hybridized carbons (Fsp3) is 0.235. The molecule has 1 unspecified atom stereocenters. The van der Waals surface area contributed by atoms with Crippen molar-refractivity contribution < 1.29 is 9.53 Å². The highest BCUT2D eigenvalue weighted by atomic mass is 16.5. The predicted octanol–water partition coefficient (Wildman–Crippen LogP) is 2.89. The average molecular weight is 282 g/mol. The smallest absolute Gasteiger partial charge is 0.268 e. The van der Waals surface area contributed by atoms with Crippen LogP contribution in [0, 0.1) is 6.92 Å². The number of aryl methyl sites for hydroxylation is 1. The molecule has 1 heterocycles. The van der Waals surface area contributed by atoms with Crippen LogP contribution in [0.15, 0.2) is 42.5 Å². The normalized spacial score (nSPS) is 17.3. The number of nitrogens with zero attached hydrogens (tertiary/aromatic N) is 1. The van der Waals surface area contributed by atoms with Crippen LogP contribution >= 0.6 is 0 Å². The van der Waals surface area contributed by atoms with Crippen molar-refractivity contribution in [2.45, 2.75) is 26.5 Å². The molecule has 0 saturated heterocycles. The van der Waals surface area contributed by atoms with Crippen LogP contribution in [0.25, 0.3) is 0 Å². The predicted molar refractivity (Wildman–Crippen MR) is 83.3 cm³/mol. The number of amides is 1. The highest BCUT2D eigenvalue weighted by molar-refractivity contribution is 6.02. The Morgan fingerprint density at radius 2 is 1.90 bits per heavy atom. The number of rotatable bonds is 2. The lowest BCUT2D eigenvalue weighted by molar-refractivity contribution is -0.125. The summed E-state index contributed by atoms with van der Waals surface area (Å²) in [7, 11) is 0. The first-order chi connectivity index (χ1) is 10.1. The number of ether oxygens (including phenoxy) is 1. The second-order valence-corrected chi connectivity index (χ2v) is 5.36. The number of carbonyl (C=O) groups excluding carboxylic acids is 1. The van der Waals surface area contributed by atoms with Crippen molar-refractivity contribution in [3.63, 3.8) is 0 Å². The number of carbonyl (C=O) groups is 1. The molecule has 0 aliphatic carbocycles. The molecule has 1 amide bonds. The molecule has 1 aliphatic heterocycles. The van der Waals surface area contributed by atoms with Gasteiger partial charge in [0.1, 0.15) is 11.4 Å². The molecule has 4 nitrogen and oxygen atoms in total. The van der Waals surface area contributed by atoms with Crippen LogP contribution in [0.3, 0.4) is 0 Å². The molecule has 0 saturated carbocycles. The summed E-state index contributed by atoms with van der Waals surface area (Å²) in [5.41, 5.74) is 9.53. The van der Waals surface area contributed by atoms with Gasteiger partial charge in [-0.15, -0.1) is 0 Å². The molecule has 108 valence electrons. The number of anilines is 2. The monoisotopic (exact) mass is 282 g/mol. The van der Waals surface area contributed by atoms with Crippen LogP contribution < -0.4 is 15.4 Å². The van der Waals surface area contributed by atoms with E-state index >= 15 is 0 Å². The van der Waals surface area contributed by atoms with E-state index in [0.717, 1.165) is 5.56 Å². The van der Waals surface area contributed by atoms with Crippen molar-refractivity contribution in [1.82, 2.24) is 0 Å². The second-order valence-electron chi connectivity index (χ2n) is 5.36. The van der Waals surface area contributed by atoms with E-state index in [-0.39, 0.29) is 5.91 Å². The topological polar surface area (TPSA) is 55.6 Å². The van der Waals surface area contributed by atoms with E-state index in [0.29, 0.717) is 23.7 Å². The molecule has 1 aliphatic rings. The molecule has 21 heavy (non-hydrogen) atoms. The number of para-hydroxylation sites is 1. The molecular weight excluding hydrogens is 264 g/mol. The minimum Gasteiger partial charge on any atom is -0.479 e. The Kier molecular flexibility index (Phi) is 3.29. The van der Waals surface area contributed by atoms with Crippen molar-refractivity contribution in [3.05, 3.63) is 53.6 Å². The lowest BCUT2D eigenvalue weighted by Gasteiger charge is -2.34. The van der Waals surface area contributed by atoms with E-state index in [1.807, 2.05) is 43.3 Å². The van der Waals surface area contributed by atoms with Crippen molar-refractivity contribution in [1.29, 1.82) is 0 Å². The highest BCUT2D eigenvalue weighted by Crippen LogP contribution is 2.39. The SMILES string of the molecule is Cc1ccc(CN2C(=O)C(C)Oc3cccc(N)c32)cc1. The first kappa shape index (κ1) is 13.5. The molecule has 2 aromatic rings. The molecule has 0 aromatic heterocycles. The van der Waals surface area contributed by atoms with Gasteiger partial charge < -0.3 is 10.5 Å². The third kappa shape index (κ3) is 2.44. The molecule has 0 spiro atoms. The third-order valence-electron chi connectivity index (χ3n) is 3.68. The van der Waals surface area contributed by atoms with Gasteiger partial charge in [0.2, 0.25) is 0 Å². The lowest BCUT2D eigenvalue weighted by Crippen LogP contribution is -2.44. The molecule has 4 heteroatoms. The Bertz CT molecular complexity index is 680. The first-order valence-electron chi connectivity index (χ1n) is 6.98. The number of fused-ring (bicyclic) bond motifs is 1. The lowest BCUT2D eigenvalue weighted by atomic mass is 10.1. The quantitative estimate of drug-likeness (QED) is 0.862. The van der Waals surface area contributed by atoms with Gasteiger partial charge in [0.25, 0.3) is 5.91 Å². The van der Waals surface area contributed by atoms with Crippen LogP contribution in [0.4, 0.5) is 11.4 Å². The van der Waals surface area contributed by atoms with Crippen LogP contribution in [-0.4, -0.2) is 12.0 Å².